The molecule has 0 saturated heterocycles. The van der Waals surface area contributed by atoms with Gasteiger partial charge < -0.3 is 15.2 Å². The van der Waals surface area contributed by atoms with Crippen molar-refractivity contribution in [3.8, 4) is 11.6 Å². The van der Waals surface area contributed by atoms with Gasteiger partial charge in [0.25, 0.3) is 0 Å². The minimum atomic E-state index is 0.148. The van der Waals surface area contributed by atoms with E-state index in [0.717, 1.165) is 21.6 Å². The Hall–Kier alpha value is -1.33. The molecule has 3 N–H and O–H groups in total. The molecule has 21 heavy (non-hydrogen) atoms. The molecule has 0 bridgehead atoms. The number of thiazole rings is 1. The van der Waals surface area contributed by atoms with Gasteiger partial charge in [0.1, 0.15) is 5.75 Å². The van der Waals surface area contributed by atoms with Crippen LogP contribution >= 0.6 is 23.6 Å². The van der Waals surface area contributed by atoms with Crippen molar-refractivity contribution in [2.45, 2.75) is 46.0 Å². The minimum Gasteiger partial charge on any atom is -0.507 e. The molecule has 0 aliphatic carbocycles. The van der Waals surface area contributed by atoms with Gasteiger partial charge in [0, 0.05) is 6.42 Å². The first kappa shape index (κ1) is 16.0. The number of H-pyrrole nitrogens is 1. The summed E-state index contributed by atoms with van der Waals surface area (Å²) >= 11 is 6.44. The van der Waals surface area contributed by atoms with E-state index in [4.69, 9.17) is 12.2 Å². The molecule has 0 aliphatic rings. The van der Waals surface area contributed by atoms with Crippen LogP contribution in [0.15, 0.2) is 12.1 Å². The maximum atomic E-state index is 10.4. The summed E-state index contributed by atoms with van der Waals surface area (Å²) in [5, 5.41) is 20.3. The molecule has 2 aromatic rings. The molecular weight excluding hydrogens is 302 g/mol. The molecule has 0 radical (unpaired) electrons. The summed E-state index contributed by atoms with van der Waals surface area (Å²) in [5.41, 5.74) is 2.99. The van der Waals surface area contributed by atoms with Gasteiger partial charge in [-0.05, 0) is 40.7 Å². The number of hydrogen-bond acceptors (Lipinski definition) is 4. The summed E-state index contributed by atoms with van der Waals surface area (Å²) in [5.74, 6) is 1.05. The predicted molar refractivity (Wildman–Crippen MR) is 90.3 cm³/mol. The van der Waals surface area contributed by atoms with Crippen molar-refractivity contribution in [2.75, 3.05) is 0 Å². The van der Waals surface area contributed by atoms with Gasteiger partial charge in [0.2, 0.25) is 5.88 Å². The van der Waals surface area contributed by atoms with Gasteiger partial charge in [0.05, 0.1) is 4.88 Å². The van der Waals surface area contributed by atoms with Crippen LogP contribution in [0.2, 0.25) is 0 Å². The number of rotatable bonds is 4. The number of nitrogens with one attached hydrogen (secondary N) is 1. The minimum absolute atomic E-state index is 0.148. The third-order valence-corrected chi connectivity index (χ3v) is 4.76. The molecular formula is C16H21NO2S2. The summed E-state index contributed by atoms with van der Waals surface area (Å²) < 4.78 is 0.578. The SMILES string of the molecule is CC(C)c1cc(Cc2sc(=S)[nH]c2O)cc(C(C)C)c1O. The summed E-state index contributed by atoms with van der Waals surface area (Å²) in [6.07, 6.45) is 0.614. The fraction of sp³-hybridized carbons (Fsp3) is 0.438. The molecule has 1 heterocycles. The molecule has 0 saturated carbocycles. The molecule has 3 nitrogen and oxygen atoms in total. The highest BCUT2D eigenvalue weighted by Crippen LogP contribution is 2.36. The van der Waals surface area contributed by atoms with E-state index in [0.29, 0.717) is 16.1 Å². The van der Waals surface area contributed by atoms with Gasteiger partial charge in [-0.25, -0.2) is 0 Å². The summed E-state index contributed by atoms with van der Waals surface area (Å²) in [6.45, 7) is 8.28. The van der Waals surface area contributed by atoms with Gasteiger partial charge in [-0.3, -0.25) is 0 Å². The van der Waals surface area contributed by atoms with E-state index in [9.17, 15) is 10.2 Å². The lowest BCUT2D eigenvalue weighted by Crippen LogP contribution is -1.99. The largest absolute Gasteiger partial charge is 0.507 e. The van der Waals surface area contributed by atoms with Gasteiger partial charge >= 0.3 is 0 Å². The zero-order chi connectivity index (χ0) is 15.7. The van der Waals surface area contributed by atoms with Crippen molar-refractivity contribution < 1.29 is 10.2 Å². The topological polar surface area (TPSA) is 56.2 Å². The Morgan fingerprint density at radius 2 is 1.62 bits per heavy atom. The number of benzene rings is 1. The Bertz CT molecular complexity index is 670. The lowest BCUT2D eigenvalue weighted by molar-refractivity contribution is 0.451. The molecule has 0 amide bonds. The first-order valence-corrected chi connectivity index (χ1v) is 8.28. The lowest BCUT2D eigenvalue weighted by Gasteiger charge is -2.17. The van der Waals surface area contributed by atoms with Gasteiger partial charge in [-0.15, -0.1) is 11.3 Å². The summed E-state index contributed by atoms with van der Waals surface area (Å²) in [6, 6.07) is 4.04. The molecule has 0 unspecified atom stereocenters. The van der Waals surface area contributed by atoms with Crippen LogP contribution in [-0.4, -0.2) is 15.2 Å². The third-order valence-electron chi connectivity index (χ3n) is 3.54. The van der Waals surface area contributed by atoms with Crippen molar-refractivity contribution >= 4 is 23.6 Å². The van der Waals surface area contributed by atoms with Crippen molar-refractivity contribution in [3.63, 3.8) is 0 Å². The lowest BCUT2D eigenvalue weighted by atomic mass is 9.90. The van der Waals surface area contributed by atoms with E-state index in [1.54, 1.807) is 0 Å². The van der Waals surface area contributed by atoms with E-state index >= 15 is 0 Å². The van der Waals surface area contributed by atoms with E-state index in [-0.39, 0.29) is 17.7 Å². The highest BCUT2D eigenvalue weighted by molar-refractivity contribution is 7.73. The average molecular weight is 323 g/mol. The van der Waals surface area contributed by atoms with Crippen LogP contribution in [-0.2, 0) is 6.42 Å². The van der Waals surface area contributed by atoms with E-state index in [1.165, 1.54) is 11.3 Å². The van der Waals surface area contributed by atoms with Crippen LogP contribution in [0.25, 0.3) is 0 Å². The number of aromatic hydroxyl groups is 2. The fourth-order valence-corrected chi connectivity index (χ4v) is 3.54. The Morgan fingerprint density at radius 1 is 1.10 bits per heavy atom. The Balaban J connectivity index is 2.48. The Kier molecular flexibility index (Phi) is 4.74. The van der Waals surface area contributed by atoms with Gasteiger partial charge in [-0.2, -0.15) is 0 Å². The van der Waals surface area contributed by atoms with Crippen LogP contribution in [0, 0.1) is 3.95 Å². The maximum Gasteiger partial charge on any atom is 0.203 e. The van der Waals surface area contributed by atoms with Gasteiger partial charge in [-0.1, -0.05) is 39.8 Å². The van der Waals surface area contributed by atoms with Crippen molar-refractivity contribution in [2.24, 2.45) is 0 Å². The number of aromatic amines is 1. The Labute approximate surface area is 134 Å². The summed E-state index contributed by atoms with van der Waals surface area (Å²) in [4.78, 5) is 3.58. The molecule has 114 valence electrons. The Morgan fingerprint density at radius 3 is 2.00 bits per heavy atom. The van der Waals surface area contributed by atoms with Crippen LogP contribution in [0.3, 0.4) is 0 Å². The standard InChI is InChI=1S/C16H21NO2S2/c1-8(2)11-5-10(6-12(9(3)4)14(11)18)7-13-15(19)17-16(20)21-13/h5-6,8-9,18-19H,7H2,1-4H3,(H,17,20). The molecule has 1 aromatic heterocycles. The second kappa shape index (κ2) is 6.20. The number of phenols is 1. The molecule has 0 aliphatic heterocycles. The van der Waals surface area contributed by atoms with Crippen LogP contribution in [0.5, 0.6) is 11.6 Å². The van der Waals surface area contributed by atoms with Crippen LogP contribution in [0.1, 0.15) is 61.1 Å². The second-order valence-corrected chi connectivity index (χ2v) is 7.67. The molecule has 0 atom stereocenters. The van der Waals surface area contributed by atoms with E-state index in [1.807, 2.05) is 12.1 Å². The molecule has 2 rings (SSSR count). The smallest absolute Gasteiger partial charge is 0.203 e. The zero-order valence-corrected chi connectivity index (χ0v) is 14.4. The average Bonchev–Trinajstić information content (AvgIpc) is 2.69. The van der Waals surface area contributed by atoms with Crippen LogP contribution < -0.4 is 0 Å². The predicted octanol–water partition coefficient (Wildman–Crippen LogP) is 5.05. The molecule has 1 aromatic carbocycles. The third kappa shape index (κ3) is 3.47. The number of hydrogen-bond donors (Lipinski definition) is 3. The normalized spacial score (nSPS) is 11.5. The number of phenolic OH excluding ortho intramolecular Hbond substituents is 1. The highest BCUT2D eigenvalue weighted by Gasteiger charge is 2.16. The summed E-state index contributed by atoms with van der Waals surface area (Å²) in [7, 11) is 0. The quantitative estimate of drug-likeness (QED) is 0.690. The second-order valence-electron chi connectivity index (χ2n) is 5.90. The first-order valence-electron chi connectivity index (χ1n) is 7.06. The van der Waals surface area contributed by atoms with E-state index in [2.05, 4.69) is 32.7 Å². The van der Waals surface area contributed by atoms with Crippen molar-refractivity contribution in [3.05, 3.63) is 37.7 Å². The maximum absolute atomic E-state index is 10.4. The zero-order valence-electron chi connectivity index (χ0n) is 12.7. The highest BCUT2D eigenvalue weighted by atomic mass is 32.1. The number of aromatic nitrogens is 1. The fourth-order valence-electron chi connectivity index (χ4n) is 2.38. The molecule has 0 fully saturated rings. The molecule has 0 spiro atoms. The van der Waals surface area contributed by atoms with Crippen molar-refractivity contribution in [1.29, 1.82) is 0 Å². The van der Waals surface area contributed by atoms with Crippen molar-refractivity contribution in [1.82, 2.24) is 4.98 Å². The molecule has 5 heteroatoms. The van der Waals surface area contributed by atoms with Gasteiger partial charge in [0.15, 0.2) is 3.95 Å². The van der Waals surface area contributed by atoms with E-state index < -0.39 is 0 Å². The monoisotopic (exact) mass is 323 g/mol. The first-order chi connectivity index (χ1) is 9.79. The van der Waals surface area contributed by atoms with Crippen LogP contribution in [0.4, 0.5) is 0 Å².